The van der Waals surface area contributed by atoms with E-state index in [0.29, 0.717) is 17.3 Å². The largest absolute Gasteiger partial charge is 0.484 e. The lowest BCUT2D eigenvalue weighted by atomic mass is 10.1. The van der Waals surface area contributed by atoms with Gasteiger partial charge in [-0.3, -0.25) is 4.79 Å². The second-order valence-corrected chi connectivity index (χ2v) is 5.64. The number of hydrogen-bond acceptors (Lipinski definition) is 2. The summed E-state index contributed by atoms with van der Waals surface area (Å²) in [7, 11) is 0. The summed E-state index contributed by atoms with van der Waals surface area (Å²) in [6, 6.07) is 21.2. The summed E-state index contributed by atoms with van der Waals surface area (Å²) < 4.78 is 5.55. The Balaban J connectivity index is 1.53. The van der Waals surface area contributed by atoms with Gasteiger partial charge in [-0.25, -0.2) is 0 Å². The van der Waals surface area contributed by atoms with E-state index in [0.717, 1.165) is 16.3 Å². The lowest BCUT2D eigenvalue weighted by Crippen LogP contribution is -2.28. The lowest BCUT2D eigenvalue weighted by molar-refractivity contribution is -0.123. The number of fused-ring (bicyclic) bond motifs is 1. The van der Waals surface area contributed by atoms with E-state index >= 15 is 0 Å². The maximum absolute atomic E-state index is 11.9. The first kappa shape index (κ1) is 15.4. The second kappa shape index (κ2) is 7.16. The number of ether oxygens (including phenoxy) is 1. The average molecular weight is 326 g/mol. The van der Waals surface area contributed by atoms with Crippen molar-refractivity contribution in [3.8, 4) is 5.75 Å². The van der Waals surface area contributed by atoms with Crippen LogP contribution < -0.4 is 10.1 Å². The van der Waals surface area contributed by atoms with Crippen LogP contribution in [0.4, 0.5) is 0 Å². The molecule has 0 heterocycles. The molecule has 0 aliphatic rings. The molecule has 0 aliphatic carbocycles. The number of carbonyl (C=O) groups excluding carboxylic acids is 1. The van der Waals surface area contributed by atoms with Crippen LogP contribution >= 0.6 is 11.6 Å². The van der Waals surface area contributed by atoms with Gasteiger partial charge in [-0.05, 0) is 40.6 Å². The third-order valence-electron chi connectivity index (χ3n) is 3.47. The molecule has 0 saturated heterocycles. The minimum absolute atomic E-state index is 0.0150. The maximum Gasteiger partial charge on any atom is 0.258 e. The molecule has 0 spiro atoms. The molecule has 0 bridgehead atoms. The number of carbonyl (C=O) groups is 1. The van der Waals surface area contributed by atoms with Crippen molar-refractivity contribution in [1.29, 1.82) is 0 Å². The van der Waals surface area contributed by atoms with Gasteiger partial charge in [0.15, 0.2) is 6.61 Å². The Kier molecular flexibility index (Phi) is 4.79. The molecular weight excluding hydrogens is 310 g/mol. The van der Waals surface area contributed by atoms with Gasteiger partial charge in [0.05, 0.1) is 0 Å². The van der Waals surface area contributed by atoms with Crippen molar-refractivity contribution in [2.75, 3.05) is 6.61 Å². The van der Waals surface area contributed by atoms with Crippen LogP contribution in [-0.4, -0.2) is 12.5 Å². The molecule has 3 rings (SSSR count). The molecule has 0 atom stereocenters. The fourth-order valence-corrected chi connectivity index (χ4v) is 2.52. The zero-order chi connectivity index (χ0) is 16.1. The van der Waals surface area contributed by atoms with Gasteiger partial charge < -0.3 is 10.1 Å². The third kappa shape index (κ3) is 4.24. The summed E-state index contributed by atoms with van der Waals surface area (Å²) in [5.74, 6) is 0.514. The predicted molar refractivity (Wildman–Crippen MR) is 92.7 cm³/mol. The van der Waals surface area contributed by atoms with Crippen LogP contribution in [0.25, 0.3) is 10.8 Å². The molecule has 3 nitrogen and oxygen atoms in total. The quantitative estimate of drug-likeness (QED) is 0.764. The number of benzene rings is 3. The van der Waals surface area contributed by atoms with Crippen LogP contribution in [0, 0.1) is 0 Å². The summed E-state index contributed by atoms with van der Waals surface area (Å²) in [6.07, 6.45) is 0. The average Bonchev–Trinajstić information content (AvgIpc) is 2.58. The van der Waals surface area contributed by atoms with Crippen molar-refractivity contribution in [2.24, 2.45) is 0 Å². The van der Waals surface area contributed by atoms with Crippen molar-refractivity contribution in [2.45, 2.75) is 6.54 Å². The molecular formula is C19H16ClNO2. The summed E-state index contributed by atoms with van der Waals surface area (Å²) in [5.41, 5.74) is 0.955. The predicted octanol–water partition coefficient (Wildman–Crippen LogP) is 4.19. The molecule has 0 unspecified atom stereocenters. The Bertz CT molecular complexity index is 832. The molecule has 0 fully saturated rings. The fraction of sp³-hybridized carbons (Fsp3) is 0.105. The first-order valence-corrected chi connectivity index (χ1v) is 7.71. The monoisotopic (exact) mass is 325 g/mol. The summed E-state index contributed by atoms with van der Waals surface area (Å²) in [5, 5.41) is 5.70. The van der Waals surface area contributed by atoms with E-state index in [2.05, 4.69) is 5.32 Å². The maximum atomic E-state index is 11.9. The van der Waals surface area contributed by atoms with E-state index in [1.54, 1.807) is 6.07 Å². The first-order chi connectivity index (χ1) is 11.2. The molecule has 0 aliphatic heterocycles. The molecule has 0 saturated carbocycles. The van der Waals surface area contributed by atoms with Gasteiger partial charge in [-0.15, -0.1) is 0 Å². The molecule has 0 radical (unpaired) electrons. The van der Waals surface area contributed by atoms with E-state index in [1.165, 1.54) is 0 Å². The normalized spacial score (nSPS) is 10.5. The minimum Gasteiger partial charge on any atom is -0.484 e. The van der Waals surface area contributed by atoms with Gasteiger partial charge in [0.25, 0.3) is 5.91 Å². The molecule has 1 N–H and O–H groups in total. The van der Waals surface area contributed by atoms with Gasteiger partial charge in [-0.2, -0.15) is 0 Å². The highest BCUT2D eigenvalue weighted by Gasteiger charge is 2.04. The third-order valence-corrected chi connectivity index (χ3v) is 3.70. The molecule has 4 heteroatoms. The highest BCUT2D eigenvalue weighted by atomic mass is 35.5. The van der Waals surface area contributed by atoms with Crippen LogP contribution in [0.5, 0.6) is 5.75 Å². The Morgan fingerprint density at radius 3 is 2.61 bits per heavy atom. The number of amides is 1. The number of rotatable bonds is 5. The SMILES string of the molecule is O=C(COc1ccc2ccccc2c1)NCc1cccc(Cl)c1. The van der Waals surface area contributed by atoms with Crippen molar-refractivity contribution in [3.05, 3.63) is 77.3 Å². The zero-order valence-electron chi connectivity index (χ0n) is 12.5. The van der Waals surface area contributed by atoms with Gasteiger partial charge in [-0.1, -0.05) is 54.1 Å². The van der Waals surface area contributed by atoms with Crippen molar-refractivity contribution in [1.82, 2.24) is 5.32 Å². The standard InChI is InChI=1S/C19H16ClNO2/c20-17-7-3-4-14(10-17)12-21-19(22)13-23-18-9-8-15-5-1-2-6-16(15)11-18/h1-11H,12-13H2,(H,21,22). The Morgan fingerprint density at radius 2 is 1.78 bits per heavy atom. The second-order valence-electron chi connectivity index (χ2n) is 5.20. The van der Waals surface area contributed by atoms with Crippen LogP contribution in [0.1, 0.15) is 5.56 Å². The Hall–Kier alpha value is -2.52. The number of halogens is 1. The highest BCUT2D eigenvalue weighted by Crippen LogP contribution is 2.20. The van der Waals surface area contributed by atoms with E-state index in [9.17, 15) is 4.79 Å². The molecule has 23 heavy (non-hydrogen) atoms. The molecule has 3 aromatic carbocycles. The molecule has 3 aromatic rings. The van der Waals surface area contributed by atoms with Crippen LogP contribution in [0.15, 0.2) is 66.7 Å². The van der Waals surface area contributed by atoms with Crippen LogP contribution in [0.2, 0.25) is 5.02 Å². The molecule has 116 valence electrons. The van der Waals surface area contributed by atoms with Gasteiger partial charge in [0.2, 0.25) is 0 Å². The minimum atomic E-state index is -0.168. The number of nitrogens with one attached hydrogen (secondary N) is 1. The van der Waals surface area contributed by atoms with Crippen molar-refractivity contribution in [3.63, 3.8) is 0 Å². The molecule has 0 aromatic heterocycles. The van der Waals surface area contributed by atoms with E-state index in [1.807, 2.05) is 60.7 Å². The lowest BCUT2D eigenvalue weighted by Gasteiger charge is -2.08. The van der Waals surface area contributed by atoms with Crippen LogP contribution in [-0.2, 0) is 11.3 Å². The van der Waals surface area contributed by atoms with Gasteiger partial charge in [0.1, 0.15) is 5.75 Å². The highest BCUT2D eigenvalue weighted by molar-refractivity contribution is 6.30. The summed E-state index contributed by atoms with van der Waals surface area (Å²) >= 11 is 5.91. The molecule has 1 amide bonds. The van der Waals surface area contributed by atoms with E-state index < -0.39 is 0 Å². The van der Waals surface area contributed by atoms with E-state index in [4.69, 9.17) is 16.3 Å². The Labute approximate surface area is 139 Å². The topological polar surface area (TPSA) is 38.3 Å². The Morgan fingerprint density at radius 1 is 0.957 bits per heavy atom. The van der Waals surface area contributed by atoms with E-state index in [-0.39, 0.29) is 12.5 Å². The smallest absolute Gasteiger partial charge is 0.258 e. The number of hydrogen-bond donors (Lipinski definition) is 1. The van der Waals surface area contributed by atoms with Crippen molar-refractivity contribution < 1.29 is 9.53 Å². The van der Waals surface area contributed by atoms with Gasteiger partial charge >= 0.3 is 0 Å². The van der Waals surface area contributed by atoms with Gasteiger partial charge in [0, 0.05) is 11.6 Å². The van der Waals surface area contributed by atoms with Crippen molar-refractivity contribution >= 4 is 28.3 Å². The summed E-state index contributed by atoms with van der Waals surface area (Å²) in [4.78, 5) is 11.9. The fourth-order valence-electron chi connectivity index (χ4n) is 2.30. The zero-order valence-corrected chi connectivity index (χ0v) is 13.2. The summed E-state index contributed by atoms with van der Waals surface area (Å²) in [6.45, 7) is 0.416. The van der Waals surface area contributed by atoms with Crippen LogP contribution in [0.3, 0.4) is 0 Å². The first-order valence-electron chi connectivity index (χ1n) is 7.33.